The highest BCUT2D eigenvalue weighted by molar-refractivity contribution is 7.94. The van der Waals surface area contributed by atoms with Gasteiger partial charge in [-0.1, -0.05) is 13.8 Å². The molecule has 1 unspecified atom stereocenters. The smallest absolute Gasteiger partial charge is 0.173 e. The highest BCUT2D eigenvalue weighted by Gasteiger charge is 2.22. The molecule has 1 aliphatic rings. The molecular weight excluding hydrogens is 250 g/mol. The maximum Gasteiger partial charge on any atom is 0.173 e. The molecule has 0 bridgehead atoms. The van der Waals surface area contributed by atoms with E-state index >= 15 is 0 Å². The topological polar surface area (TPSA) is 72.0 Å². The summed E-state index contributed by atoms with van der Waals surface area (Å²) in [4.78, 5) is 8.74. The van der Waals surface area contributed by atoms with Gasteiger partial charge in [0.15, 0.2) is 9.84 Å². The van der Waals surface area contributed by atoms with Crippen LogP contribution in [0.5, 0.6) is 0 Å². The van der Waals surface area contributed by atoms with Gasteiger partial charge in [-0.2, -0.15) is 0 Å². The van der Waals surface area contributed by atoms with Crippen molar-refractivity contribution in [1.82, 2.24) is 9.97 Å². The second-order valence-electron chi connectivity index (χ2n) is 4.82. The molecule has 1 aromatic heterocycles. The summed E-state index contributed by atoms with van der Waals surface area (Å²) in [5, 5.41) is 4.37. The predicted molar refractivity (Wildman–Crippen MR) is 71.2 cm³/mol. The normalized spacial score (nSPS) is 21.4. The Morgan fingerprint density at radius 3 is 2.67 bits per heavy atom. The number of aromatic nitrogens is 2. The fraction of sp³-hybridized carbons (Fsp3) is 0.500. The number of nitrogens with one attached hydrogen (secondary N) is 1. The minimum atomic E-state index is -3.04. The number of anilines is 1. The molecule has 0 saturated heterocycles. The molecule has 5 nitrogen and oxygen atoms in total. The second kappa shape index (κ2) is 4.68. The molecular formula is C12H17N3O2S. The standard InChI is InChI=1S/C12H17N3O2S/c1-8(2)12-13-9(3)6-11(15-12)14-10-4-5-18(16,17)7-10/h4-6,8,10H,7H2,1-3H3,(H,13,14,15). The Kier molecular flexibility index (Phi) is 3.38. The summed E-state index contributed by atoms with van der Waals surface area (Å²) in [6.07, 6.45) is 1.65. The molecule has 1 atom stereocenters. The molecule has 1 aromatic rings. The van der Waals surface area contributed by atoms with Crippen LogP contribution >= 0.6 is 0 Å². The van der Waals surface area contributed by atoms with Gasteiger partial charge in [-0.3, -0.25) is 0 Å². The Morgan fingerprint density at radius 2 is 2.11 bits per heavy atom. The zero-order valence-corrected chi connectivity index (χ0v) is 11.5. The van der Waals surface area contributed by atoms with Crippen LogP contribution in [0.15, 0.2) is 17.6 Å². The molecule has 6 heteroatoms. The van der Waals surface area contributed by atoms with Crippen molar-refractivity contribution in [1.29, 1.82) is 0 Å². The molecule has 0 saturated carbocycles. The average molecular weight is 267 g/mol. The van der Waals surface area contributed by atoms with Crippen LogP contribution in [0, 0.1) is 6.92 Å². The number of nitrogens with zero attached hydrogens (tertiary/aromatic N) is 2. The van der Waals surface area contributed by atoms with Crippen LogP contribution in [0.1, 0.15) is 31.3 Å². The Hall–Kier alpha value is -1.43. The minimum Gasteiger partial charge on any atom is -0.363 e. The summed E-state index contributed by atoms with van der Waals surface area (Å²) in [6, 6.07) is 1.62. The fourth-order valence-corrected chi connectivity index (χ4v) is 3.01. The van der Waals surface area contributed by atoms with E-state index < -0.39 is 9.84 Å². The quantitative estimate of drug-likeness (QED) is 0.901. The average Bonchev–Trinajstić information content (AvgIpc) is 2.57. The van der Waals surface area contributed by atoms with Crippen molar-refractivity contribution < 1.29 is 8.42 Å². The number of aryl methyl sites for hydroxylation is 1. The van der Waals surface area contributed by atoms with E-state index in [4.69, 9.17) is 0 Å². The number of sulfone groups is 1. The zero-order valence-electron chi connectivity index (χ0n) is 10.7. The van der Waals surface area contributed by atoms with Gasteiger partial charge in [0.2, 0.25) is 0 Å². The maximum absolute atomic E-state index is 11.3. The summed E-state index contributed by atoms with van der Waals surface area (Å²) in [7, 11) is -3.04. The Balaban J connectivity index is 2.18. The summed E-state index contributed by atoms with van der Waals surface area (Å²) in [6.45, 7) is 5.96. The van der Waals surface area contributed by atoms with Crippen LogP contribution < -0.4 is 5.32 Å². The fourth-order valence-electron chi connectivity index (χ4n) is 1.78. The Labute approximate surface area is 107 Å². The molecule has 2 heterocycles. The first-order valence-corrected chi connectivity index (χ1v) is 7.60. The van der Waals surface area contributed by atoms with Gasteiger partial charge in [-0.15, -0.1) is 0 Å². The number of hydrogen-bond donors (Lipinski definition) is 1. The van der Waals surface area contributed by atoms with Crippen molar-refractivity contribution in [2.75, 3.05) is 11.1 Å². The molecule has 0 radical (unpaired) electrons. The van der Waals surface area contributed by atoms with E-state index in [2.05, 4.69) is 15.3 Å². The van der Waals surface area contributed by atoms with Gasteiger partial charge in [-0.05, 0) is 13.0 Å². The van der Waals surface area contributed by atoms with E-state index in [-0.39, 0.29) is 17.7 Å². The number of rotatable bonds is 3. The minimum absolute atomic E-state index is 0.0903. The second-order valence-corrected chi connectivity index (χ2v) is 6.75. The van der Waals surface area contributed by atoms with Gasteiger partial charge in [-0.25, -0.2) is 18.4 Å². The third-order valence-corrected chi connectivity index (χ3v) is 4.05. The third-order valence-electron chi connectivity index (χ3n) is 2.65. The van der Waals surface area contributed by atoms with E-state index in [1.54, 1.807) is 6.08 Å². The van der Waals surface area contributed by atoms with Gasteiger partial charge in [0.05, 0.1) is 11.8 Å². The monoisotopic (exact) mass is 267 g/mol. The molecule has 0 aliphatic carbocycles. The lowest BCUT2D eigenvalue weighted by Crippen LogP contribution is -2.22. The van der Waals surface area contributed by atoms with Gasteiger partial charge in [0, 0.05) is 23.1 Å². The van der Waals surface area contributed by atoms with Crippen molar-refractivity contribution in [3.05, 3.63) is 29.1 Å². The molecule has 0 aromatic carbocycles. The summed E-state index contributed by atoms with van der Waals surface area (Å²) < 4.78 is 22.6. The van der Waals surface area contributed by atoms with Crippen LogP contribution in [0.2, 0.25) is 0 Å². The highest BCUT2D eigenvalue weighted by Crippen LogP contribution is 2.17. The lowest BCUT2D eigenvalue weighted by atomic mass is 10.2. The van der Waals surface area contributed by atoms with E-state index in [0.29, 0.717) is 5.82 Å². The molecule has 98 valence electrons. The molecule has 0 fully saturated rings. The maximum atomic E-state index is 11.3. The molecule has 1 N–H and O–H groups in total. The molecule has 2 rings (SSSR count). The van der Waals surface area contributed by atoms with Crippen LogP contribution in [-0.4, -0.2) is 30.2 Å². The summed E-state index contributed by atoms with van der Waals surface area (Å²) >= 11 is 0. The third kappa shape index (κ3) is 3.07. The molecule has 0 amide bonds. The van der Waals surface area contributed by atoms with Crippen molar-refractivity contribution in [3.8, 4) is 0 Å². The predicted octanol–water partition coefficient (Wildman–Crippen LogP) is 1.63. The first-order chi connectivity index (χ1) is 8.35. The van der Waals surface area contributed by atoms with Crippen LogP contribution in [0.3, 0.4) is 0 Å². The molecule has 18 heavy (non-hydrogen) atoms. The number of hydrogen-bond acceptors (Lipinski definition) is 5. The van der Waals surface area contributed by atoms with E-state index in [0.717, 1.165) is 11.5 Å². The van der Waals surface area contributed by atoms with E-state index in [9.17, 15) is 8.42 Å². The van der Waals surface area contributed by atoms with Crippen molar-refractivity contribution in [2.24, 2.45) is 0 Å². The van der Waals surface area contributed by atoms with Crippen LogP contribution in [0.25, 0.3) is 0 Å². The lowest BCUT2D eigenvalue weighted by molar-refractivity contribution is 0.605. The SMILES string of the molecule is Cc1cc(NC2C=CS(=O)(=O)C2)nc(C(C)C)n1. The highest BCUT2D eigenvalue weighted by atomic mass is 32.2. The Morgan fingerprint density at radius 1 is 1.39 bits per heavy atom. The van der Waals surface area contributed by atoms with Gasteiger partial charge >= 0.3 is 0 Å². The van der Waals surface area contributed by atoms with Crippen LogP contribution in [0.4, 0.5) is 5.82 Å². The molecule has 1 aliphatic heterocycles. The van der Waals surface area contributed by atoms with E-state index in [1.165, 1.54) is 5.41 Å². The molecule has 0 spiro atoms. The van der Waals surface area contributed by atoms with Crippen molar-refractivity contribution in [2.45, 2.75) is 32.7 Å². The summed E-state index contributed by atoms with van der Waals surface area (Å²) in [5.74, 6) is 1.78. The van der Waals surface area contributed by atoms with Gasteiger partial charge in [0.25, 0.3) is 0 Å². The Bertz CT molecular complexity index is 579. The first kappa shape index (κ1) is 13.0. The van der Waals surface area contributed by atoms with Crippen LogP contribution in [-0.2, 0) is 9.84 Å². The van der Waals surface area contributed by atoms with E-state index in [1.807, 2.05) is 26.8 Å². The van der Waals surface area contributed by atoms with Crippen molar-refractivity contribution >= 4 is 15.7 Å². The first-order valence-electron chi connectivity index (χ1n) is 5.89. The summed E-state index contributed by atoms with van der Waals surface area (Å²) in [5.41, 5.74) is 0.876. The lowest BCUT2D eigenvalue weighted by Gasteiger charge is -2.13. The largest absolute Gasteiger partial charge is 0.363 e. The van der Waals surface area contributed by atoms with Gasteiger partial charge in [0.1, 0.15) is 11.6 Å². The zero-order chi connectivity index (χ0) is 13.3. The van der Waals surface area contributed by atoms with Crippen molar-refractivity contribution in [3.63, 3.8) is 0 Å². The van der Waals surface area contributed by atoms with Gasteiger partial charge < -0.3 is 5.32 Å².